The van der Waals surface area contributed by atoms with Crippen LogP contribution in [0.2, 0.25) is 0 Å². The molecule has 0 bridgehead atoms. The number of halogens is 1. The van der Waals surface area contributed by atoms with Gasteiger partial charge in [-0.2, -0.15) is 0 Å². The number of nitrogens with one attached hydrogen (secondary N) is 1. The molecule has 0 spiro atoms. The summed E-state index contributed by atoms with van der Waals surface area (Å²) < 4.78 is 9.50. The third-order valence-corrected chi connectivity index (χ3v) is 1.62. The normalized spacial score (nSPS) is 26.1. The smallest absolute Gasteiger partial charge is 0.0785 e. The first-order valence-corrected chi connectivity index (χ1v) is 3.73. The van der Waals surface area contributed by atoms with Gasteiger partial charge < -0.3 is 11.1 Å². The van der Waals surface area contributed by atoms with Gasteiger partial charge in [0.25, 0.3) is 0 Å². The molecule has 0 aliphatic carbocycles. The Morgan fingerprint density at radius 3 is 2.70 bits per heavy atom. The highest BCUT2D eigenvalue weighted by Crippen LogP contribution is 2.00. The Hall–Kier alpha value is -0.150. The lowest BCUT2D eigenvalue weighted by atomic mass is 10.1. The molecule has 0 amide bonds. The van der Waals surface area contributed by atoms with Crippen molar-refractivity contribution in [3.05, 3.63) is 0 Å². The largest absolute Gasteiger partial charge is 0.328 e. The van der Waals surface area contributed by atoms with Crippen LogP contribution in [0.25, 0.3) is 0 Å². The summed E-state index contributed by atoms with van der Waals surface area (Å²) >= 11 is 0. The second-order valence-corrected chi connectivity index (χ2v) is 2.44. The molecule has 0 aromatic rings. The van der Waals surface area contributed by atoms with Crippen molar-refractivity contribution in [2.45, 2.75) is 25.3 Å². The molecular weight excluding hydrogens is 131 g/mol. The van der Waals surface area contributed by atoms with Gasteiger partial charge in [-0.05, 0) is 32.4 Å². The maximum atomic E-state index is 9.50. The Morgan fingerprint density at radius 1 is 1.30 bits per heavy atom. The lowest BCUT2D eigenvalue weighted by molar-refractivity contribution is 0.599. The predicted molar refractivity (Wildman–Crippen MR) is 41.7 cm³/mol. The Labute approximate surface area is 62.0 Å². The first-order valence-electron chi connectivity index (χ1n) is 3.73. The topological polar surface area (TPSA) is 38.0 Å². The average molecular weight is 148 g/mol. The first kappa shape index (κ1) is 9.85. The Bertz CT molecular complexity index is 60.6. The Morgan fingerprint density at radius 2 is 2.00 bits per heavy atom. The lowest BCUT2D eigenvalue weighted by Crippen LogP contribution is -2.21. The standard InChI is InChI=1S/C6H14N2.CH3F/c7-6-2-1-4-8-5-3-6;1-2/h6,8H,1-5,7H2;1H3/t6-;/m0./s1. The molecule has 0 saturated carbocycles. The molecule has 1 saturated heterocycles. The van der Waals surface area contributed by atoms with Crippen molar-refractivity contribution in [1.82, 2.24) is 5.32 Å². The molecule has 1 heterocycles. The van der Waals surface area contributed by atoms with E-state index in [0.29, 0.717) is 13.2 Å². The molecule has 0 aromatic carbocycles. The van der Waals surface area contributed by atoms with E-state index in [0.717, 1.165) is 19.5 Å². The number of rotatable bonds is 0. The van der Waals surface area contributed by atoms with Crippen LogP contribution in [-0.4, -0.2) is 26.3 Å². The third kappa shape index (κ3) is 4.70. The van der Waals surface area contributed by atoms with Gasteiger partial charge >= 0.3 is 0 Å². The minimum absolute atomic E-state index is 0.463. The van der Waals surface area contributed by atoms with Gasteiger partial charge in [0, 0.05) is 6.04 Å². The summed E-state index contributed by atoms with van der Waals surface area (Å²) in [5, 5.41) is 3.30. The molecule has 1 atom stereocenters. The highest BCUT2D eigenvalue weighted by molar-refractivity contribution is 4.67. The van der Waals surface area contributed by atoms with Crippen molar-refractivity contribution >= 4 is 0 Å². The highest BCUT2D eigenvalue weighted by Gasteiger charge is 2.04. The minimum atomic E-state index is 0.463. The van der Waals surface area contributed by atoms with Crippen LogP contribution in [0.3, 0.4) is 0 Å². The molecule has 2 nitrogen and oxygen atoms in total. The van der Waals surface area contributed by atoms with Gasteiger partial charge in [-0.1, -0.05) is 0 Å². The van der Waals surface area contributed by atoms with E-state index in [9.17, 15) is 4.39 Å². The van der Waals surface area contributed by atoms with Crippen LogP contribution in [-0.2, 0) is 0 Å². The molecule has 10 heavy (non-hydrogen) atoms. The van der Waals surface area contributed by atoms with Gasteiger partial charge in [-0.3, -0.25) is 4.39 Å². The van der Waals surface area contributed by atoms with Crippen LogP contribution in [0.1, 0.15) is 19.3 Å². The average Bonchev–Trinajstić information content (AvgIpc) is 2.21. The van der Waals surface area contributed by atoms with Gasteiger partial charge in [0.15, 0.2) is 0 Å². The lowest BCUT2D eigenvalue weighted by Gasteiger charge is -2.02. The summed E-state index contributed by atoms with van der Waals surface area (Å²) in [7, 11) is 0.500. The van der Waals surface area contributed by atoms with Crippen molar-refractivity contribution in [3.8, 4) is 0 Å². The van der Waals surface area contributed by atoms with Crippen LogP contribution in [0.15, 0.2) is 0 Å². The van der Waals surface area contributed by atoms with Crippen molar-refractivity contribution in [3.63, 3.8) is 0 Å². The molecule has 1 fully saturated rings. The van der Waals surface area contributed by atoms with Crippen molar-refractivity contribution in [1.29, 1.82) is 0 Å². The van der Waals surface area contributed by atoms with Crippen LogP contribution in [0.4, 0.5) is 4.39 Å². The molecule has 1 aliphatic rings. The van der Waals surface area contributed by atoms with E-state index in [4.69, 9.17) is 5.73 Å². The second kappa shape index (κ2) is 6.96. The number of alkyl halides is 1. The van der Waals surface area contributed by atoms with Gasteiger partial charge in [-0.15, -0.1) is 0 Å². The highest BCUT2D eigenvalue weighted by atomic mass is 19.1. The number of nitrogens with two attached hydrogens (primary N) is 1. The summed E-state index contributed by atoms with van der Waals surface area (Å²) in [6, 6.07) is 0.463. The van der Waals surface area contributed by atoms with Crippen LogP contribution in [0, 0.1) is 0 Å². The summed E-state index contributed by atoms with van der Waals surface area (Å²) in [5.41, 5.74) is 5.69. The van der Waals surface area contributed by atoms with E-state index in [1.165, 1.54) is 12.8 Å². The maximum absolute atomic E-state index is 9.50. The molecule has 3 heteroatoms. The zero-order valence-corrected chi connectivity index (χ0v) is 6.57. The molecule has 1 rings (SSSR count). The van der Waals surface area contributed by atoms with E-state index < -0.39 is 0 Å². The zero-order chi connectivity index (χ0) is 7.82. The van der Waals surface area contributed by atoms with Gasteiger partial charge in [0.2, 0.25) is 0 Å². The predicted octanol–water partition coefficient (Wildman–Crippen LogP) is 0.673. The summed E-state index contributed by atoms with van der Waals surface area (Å²) in [4.78, 5) is 0. The van der Waals surface area contributed by atoms with E-state index in [-0.39, 0.29) is 0 Å². The molecule has 1 aliphatic heterocycles. The quantitative estimate of drug-likeness (QED) is 0.530. The van der Waals surface area contributed by atoms with Crippen LogP contribution < -0.4 is 11.1 Å². The van der Waals surface area contributed by atoms with Gasteiger partial charge in [0.05, 0.1) is 7.18 Å². The summed E-state index contributed by atoms with van der Waals surface area (Å²) in [6.07, 6.45) is 3.61. The Kier molecular flexibility index (Phi) is 6.86. The van der Waals surface area contributed by atoms with Crippen molar-refractivity contribution in [2.75, 3.05) is 20.3 Å². The molecule has 0 unspecified atom stereocenters. The van der Waals surface area contributed by atoms with Gasteiger partial charge in [-0.25, -0.2) is 0 Å². The molecule has 62 valence electrons. The number of hydrogen-bond acceptors (Lipinski definition) is 2. The number of hydrogen-bond donors (Lipinski definition) is 2. The van der Waals surface area contributed by atoms with Gasteiger partial charge in [0.1, 0.15) is 0 Å². The summed E-state index contributed by atoms with van der Waals surface area (Å²) in [5.74, 6) is 0. The van der Waals surface area contributed by atoms with Crippen molar-refractivity contribution in [2.24, 2.45) is 5.73 Å². The molecule has 0 radical (unpaired) electrons. The van der Waals surface area contributed by atoms with E-state index in [1.807, 2.05) is 0 Å². The molecule has 0 aromatic heterocycles. The Balaban J connectivity index is 0.000000371. The third-order valence-electron chi connectivity index (χ3n) is 1.62. The monoisotopic (exact) mass is 148 g/mol. The van der Waals surface area contributed by atoms with Crippen LogP contribution in [0.5, 0.6) is 0 Å². The van der Waals surface area contributed by atoms with Crippen LogP contribution >= 0.6 is 0 Å². The first-order chi connectivity index (χ1) is 4.89. The molecule has 3 N–H and O–H groups in total. The van der Waals surface area contributed by atoms with Crippen molar-refractivity contribution < 1.29 is 4.39 Å². The SMILES string of the molecule is CF.N[C@H]1CCCNCC1. The summed E-state index contributed by atoms with van der Waals surface area (Å²) in [6.45, 7) is 2.27. The van der Waals surface area contributed by atoms with E-state index in [2.05, 4.69) is 5.32 Å². The maximum Gasteiger partial charge on any atom is 0.0785 e. The zero-order valence-electron chi connectivity index (χ0n) is 6.57. The minimum Gasteiger partial charge on any atom is -0.328 e. The fourth-order valence-corrected chi connectivity index (χ4v) is 1.05. The molecular formula is C7H17FN2. The fourth-order valence-electron chi connectivity index (χ4n) is 1.05. The van der Waals surface area contributed by atoms with E-state index in [1.54, 1.807) is 0 Å². The second-order valence-electron chi connectivity index (χ2n) is 2.44. The fraction of sp³-hybridized carbons (Fsp3) is 1.00. The van der Waals surface area contributed by atoms with E-state index >= 15 is 0 Å².